The molecule has 8 nitrogen and oxygen atoms in total. The molecule has 2 N–H and O–H groups in total. The van der Waals surface area contributed by atoms with Crippen LogP contribution in [0.15, 0.2) is 66.7 Å². The van der Waals surface area contributed by atoms with Gasteiger partial charge in [-0.25, -0.2) is 0 Å². The molecule has 1 aliphatic rings. The fourth-order valence-corrected chi connectivity index (χ4v) is 5.32. The van der Waals surface area contributed by atoms with Crippen molar-refractivity contribution in [2.45, 2.75) is 51.7 Å². The topological polar surface area (TPSA) is 87.3 Å². The summed E-state index contributed by atoms with van der Waals surface area (Å²) in [6, 6.07) is 22.5. The third kappa shape index (κ3) is 10.6. The van der Waals surface area contributed by atoms with Crippen molar-refractivity contribution < 1.29 is 28.5 Å². The predicted molar refractivity (Wildman–Crippen MR) is 168 cm³/mol. The third-order valence-electron chi connectivity index (χ3n) is 7.54. The molecular weight excluding hydrogens is 544 g/mol. The number of aryl methyl sites for hydroxylation is 1. The van der Waals surface area contributed by atoms with E-state index in [2.05, 4.69) is 35.8 Å². The van der Waals surface area contributed by atoms with Gasteiger partial charge in [-0.2, -0.15) is 0 Å². The van der Waals surface area contributed by atoms with Gasteiger partial charge in [-0.3, -0.25) is 4.79 Å². The maximum Gasteiger partial charge on any atom is 0.216 e. The zero-order valence-corrected chi connectivity index (χ0v) is 25.7. The number of hydrogen-bond donors (Lipinski definition) is 2. The summed E-state index contributed by atoms with van der Waals surface area (Å²) in [6.07, 6.45) is 2.62. The molecule has 0 radical (unpaired) electrons. The smallest absolute Gasteiger partial charge is 0.216 e. The maximum absolute atomic E-state index is 11.2. The highest BCUT2D eigenvalue weighted by atomic mass is 16.5. The maximum atomic E-state index is 11.2. The van der Waals surface area contributed by atoms with E-state index in [0.29, 0.717) is 45.5 Å². The predicted octanol–water partition coefficient (Wildman–Crippen LogP) is 5.21. The van der Waals surface area contributed by atoms with Crippen LogP contribution in [-0.2, 0) is 27.3 Å². The van der Waals surface area contributed by atoms with Gasteiger partial charge in [0.05, 0.1) is 39.6 Å². The van der Waals surface area contributed by atoms with Gasteiger partial charge >= 0.3 is 0 Å². The first-order valence-corrected chi connectivity index (χ1v) is 15.2. The van der Waals surface area contributed by atoms with E-state index in [1.165, 1.54) is 18.1 Å². The molecule has 0 aliphatic carbocycles. The van der Waals surface area contributed by atoms with Crippen molar-refractivity contribution >= 4 is 5.91 Å². The lowest BCUT2D eigenvalue weighted by Gasteiger charge is -2.32. The fraction of sp³-hybridized carbons (Fsp3) is 0.457. The van der Waals surface area contributed by atoms with Gasteiger partial charge in [-0.1, -0.05) is 48.0 Å². The van der Waals surface area contributed by atoms with E-state index in [1.807, 2.05) is 48.5 Å². The molecule has 3 aromatic carbocycles. The highest BCUT2D eigenvalue weighted by molar-refractivity contribution is 5.72. The molecule has 1 saturated heterocycles. The number of rotatable bonds is 17. The van der Waals surface area contributed by atoms with E-state index >= 15 is 0 Å². The summed E-state index contributed by atoms with van der Waals surface area (Å²) >= 11 is 0. The van der Waals surface area contributed by atoms with Crippen LogP contribution in [0, 0.1) is 6.92 Å². The zero-order valence-electron chi connectivity index (χ0n) is 25.7. The average Bonchev–Trinajstić information content (AvgIpc) is 3.02. The van der Waals surface area contributed by atoms with E-state index in [1.54, 1.807) is 7.11 Å². The van der Waals surface area contributed by atoms with Crippen molar-refractivity contribution in [1.82, 2.24) is 10.6 Å². The second-order valence-electron chi connectivity index (χ2n) is 10.8. The minimum absolute atomic E-state index is 0.0245. The number of ether oxygens (including phenoxy) is 5. The number of para-hydroxylation sites is 1. The number of amides is 1. The van der Waals surface area contributed by atoms with Crippen LogP contribution in [0.4, 0.5) is 0 Å². The van der Waals surface area contributed by atoms with Crippen molar-refractivity contribution in [1.29, 1.82) is 0 Å². The first kappa shape index (κ1) is 32.3. The fourth-order valence-electron chi connectivity index (χ4n) is 5.32. The molecule has 2 atom stereocenters. The third-order valence-corrected chi connectivity index (χ3v) is 7.54. The SMILES string of the molecule is COc1ccccc1COCCCOc1ccc(C2CCNCC2OCCOc2ccc(C)cc2CCNC(C)=O)cc1. The summed E-state index contributed by atoms with van der Waals surface area (Å²) in [5.41, 5.74) is 4.57. The molecule has 1 aliphatic heterocycles. The number of hydrogen-bond acceptors (Lipinski definition) is 7. The molecule has 8 heteroatoms. The highest BCUT2D eigenvalue weighted by Crippen LogP contribution is 2.29. The molecule has 0 saturated carbocycles. The van der Waals surface area contributed by atoms with Crippen LogP contribution in [0.2, 0.25) is 0 Å². The van der Waals surface area contributed by atoms with Crippen LogP contribution in [-0.4, -0.2) is 65.2 Å². The number of methoxy groups -OCH3 is 1. The van der Waals surface area contributed by atoms with Crippen molar-refractivity contribution in [2.75, 3.05) is 53.2 Å². The summed E-state index contributed by atoms with van der Waals surface area (Å²) in [5, 5.41) is 6.33. The normalized spacial score (nSPS) is 16.4. The minimum atomic E-state index is -0.0245. The second kappa shape index (κ2) is 17.5. The highest BCUT2D eigenvalue weighted by Gasteiger charge is 2.27. The zero-order chi connectivity index (χ0) is 30.3. The lowest BCUT2D eigenvalue weighted by atomic mass is 9.88. The standard InChI is InChI=1S/C35H46N2O6/c1-26-9-14-34(29(23-26)15-18-37-27(2)38)42-21-22-43-35-24-36-17-16-32(35)28-10-12-31(13-11-28)41-20-6-19-40-25-30-7-4-5-8-33(30)39-3/h4-5,7-14,23,32,35-36H,6,15-22,24-25H2,1-3H3,(H,37,38). The number of carbonyl (C=O) groups excluding carboxylic acids is 1. The lowest BCUT2D eigenvalue weighted by Crippen LogP contribution is -2.41. The van der Waals surface area contributed by atoms with E-state index in [4.69, 9.17) is 23.7 Å². The monoisotopic (exact) mass is 590 g/mol. The van der Waals surface area contributed by atoms with Crippen LogP contribution in [0.25, 0.3) is 0 Å². The molecule has 0 spiro atoms. The molecule has 0 bridgehead atoms. The first-order chi connectivity index (χ1) is 21.0. The lowest BCUT2D eigenvalue weighted by molar-refractivity contribution is -0.118. The van der Waals surface area contributed by atoms with Crippen LogP contribution in [0.1, 0.15) is 47.9 Å². The van der Waals surface area contributed by atoms with Gasteiger partial charge < -0.3 is 34.3 Å². The van der Waals surface area contributed by atoms with Crippen LogP contribution in [0.3, 0.4) is 0 Å². The summed E-state index contributed by atoms with van der Waals surface area (Å²) in [7, 11) is 1.67. The van der Waals surface area contributed by atoms with Crippen LogP contribution >= 0.6 is 0 Å². The van der Waals surface area contributed by atoms with Gasteiger partial charge in [-0.05, 0) is 61.7 Å². The van der Waals surface area contributed by atoms with Gasteiger partial charge in [0.1, 0.15) is 23.9 Å². The largest absolute Gasteiger partial charge is 0.496 e. The number of carbonyl (C=O) groups is 1. The summed E-state index contributed by atoms with van der Waals surface area (Å²) in [6.45, 7) is 8.67. The summed E-state index contributed by atoms with van der Waals surface area (Å²) in [5.74, 6) is 2.84. The van der Waals surface area contributed by atoms with Gasteiger partial charge in [-0.15, -0.1) is 0 Å². The number of benzene rings is 3. The number of piperidine rings is 1. The Morgan fingerprint density at radius 2 is 1.77 bits per heavy atom. The minimum Gasteiger partial charge on any atom is -0.496 e. The van der Waals surface area contributed by atoms with Gasteiger partial charge in [0, 0.05) is 37.9 Å². The Bertz CT molecular complexity index is 1270. The van der Waals surface area contributed by atoms with Crippen LogP contribution < -0.4 is 24.8 Å². The van der Waals surface area contributed by atoms with Crippen molar-refractivity contribution in [3.8, 4) is 17.2 Å². The van der Waals surface area contributed by atoms with Crippen molar-refractivity contribution in [3.05, 3.63) is 89.0 Å². The Balaban J connectivity index is 1.18. The Labute approximate surface area is 256 Å². The molecule has 4 rings (SSSR count). The molecular formula is C35H46N2O6. The van der Waals surface area contributed by atoms with Crippen LogP contribution in [0.5, 0.6) is 17.2 Å². The molecule has 2 unspecified atom stereocenters. The molecule has 43 heavy (non-hydrogen) atoms. The molecule has 232 valence electrons. The summed E-state index contributed by atoms with van der Waals surface area (Å²) in [4.78, 5) is 11.2. The van der Waals surface area contributed by atoms with E-state index < -0.39 is 0 Å². The molecule has 0 aromatic heterocycles. The summed E-state index contributed by atoms with van der Waals surface area (Å²) < 4.78 is 29.6. The van der Waals surface area contributed by atoms with Crippen molar-refractivity contribution in [3.63, 3.8) is 0 Å². The molecule has 1 heterocycles. The van der Waals surface area contributed by atoms with Gasteiger partial charge in [0.2, 0.25) is 5.91 Å². The van der Waals surface area contributed by atoms with Gasteiger partial charge in [0.25, 0.3) is 0 Å². The van der Waals surface area contributed by atoms with E-state index in [9.17, 15) is 4.79 Å². The van der Waals surface area contributed by atoms with Crippen molar-refractivity contribution in [2.24, 2.45) is 0 Å². The molecule has 1 amide bonds. The Hall–Kier alpha value is -3.59. The van der Waals surface area contributed by atoms with E-state index in [0.717, 1.165) is 60.7 Å². The van der Waals surface area contributed by atoms with Gasteiger partial charge in [0.15, 0.2) is 0 Å². The molecule has 3 aromatic rings. The number of nitrogens with one attached hydrogen (secondary N) is 2. The second-order valence-corrected chi connectivity index (χ2v) is 10.8. The Kier molecular flexibility index (Phi) is 13.2. The average molecular weight is 591 g/mol. The molecule has 1 fully saturated rings. The first-order valence-electron chi connectivity index (χ1n) is 15.2. The quantitative estimate of drug-likeness (QED) is 0.209. The van der Waals surface area contributed by atoms with E-state index in [-0.39, 0.29) is 12.0 Å². The Morgan fingerprint density at radius 3 is 2.58 bits per heavy atom. The Morgan fingerprint density at radius 1 is 0.930 bits per heavy atom.